The second-order valence-corrected chi connectivity index (χ2v) is 5.66. The smallest absolute Gasteiger partial charge is 0.0656 e. The van der Waals surface area contributed by atoms with Crippen LogP contribution >= 0.6 is 0 Å². The Labute approximate surface area is 100 Å². The first kappa shape index (κ1) is 13.9. The molecule has 0 saturated heterocycles. The van der Waals surface area contributed by atoms with Crippen LogP contribution in [0.2, 0.25) is 0 Å². The molecule has 0 aliphatic heterocycles. The highest BCUT2D eigenvalue weighted by molar-refractivity contribution is 4.90. The fraction of sp³-hybridized carbons (Fsp3) is 1.00. The van der Waals surface area contributed by atoms with Crippen molar-refractivity contribution in [3.05, 3.63) is 0 Å². The van der Waals surface area contributed by atoms with Gasteiger partial charge in [0.25, 0.3) is 0 Å². The fourth-order valence-corrected chi connectivity index (χ4v) is 2.69. The zero-order valence-corrected chi connectivity index (χ0v) is 11.3. The van der Waals surface area contributed by atoms with Crippen molar-refractivity contribution in [2.45, 2.75) is 51.1 Å². The Morgan fingerprint density at radius 1 is 1.31 bits per heavy atom. The first-order valence-electron chi connectivity index (χ1n) is 6.45. The highest BCUT2D eigenvalue weighted by atomic mass is 16.5. The summed E-state index contributed by atoms with van der Waals surface area (Å²) in [7, 11) is 3.96. The number of nitrogens with zero attached hydrogens (tertiary/aromatic N) is 1. The van der Waals surface area contributed by atoms with Gasteiger partial charge in [0.05, 0.1) is 12.1 Å². The van der Waals surface area contributed by atoms with Gasteiger partial charge in [0.2, 0.25) is 0 Å². The molecule has 1 aliphatic rings. The van der Waals surface area contributed by atoms with Crippen molar-refractivity contribution in [1.82, 2.24) is 4.90 Å². The van der Waals surface area contributed by atoms with E-state index in [2.05, 4.69) is 25.8 Å². The van der Waals surface area contributed by atoms with E-state index < -0.39 is 0 Å². The van der Waals surface area contributed by atoms with Gasteiger partial charge >= 0.3 is 0 Å². The maximum atomic E-state index is 5.91. The van der Waals surface area contributed by atoms with E-state index >= 15 is 0 Å². The van der Waals surface area contributed by atoms with Crippen LogP contribution in [0.3, 0.4) is 0 Å². The Morgan fingerprint density at radius 3 is 2.31 bits per heavy atom. The van der Waals surface area contributed by atoms with E-state index in [1.54, 1.807) is 7.11 Å². The van der Waals surface area contributed by atoms with Gasteiger partial charge in [0.15, 0.2) is 0 Å². The molecule has 0 bridgehead atoms. The molecule has 0 spiro atoms. The van der Waals surface area contributed by atoms with Crippen LogP contribution in [0.25, 0.3) is 0 Å². The number of hydrogen-bond acceptors (Lipinski definition) is 3. The molecule has 1 saturated carbocycles. The molecule has 1 rings (SSSR count). The summed E-state index contributed by atoms with van der Waals surface area (Å²) in [6, 6.07) is 0.680. The van der Waals surface area contributed by atoms with Crippen molar-refractivity contribution < 1.29 is 4.74 Å². The quantitative estimate of drug-likeness (QED) is 0.780. The van der Waals surface area contributed by atoms with E-state index in [4.69, 9.17) is 10.5 Å². The molecule has 16 heavy (non-hydrogen) atoms. The second-order valence-electron chi connectivity index (χ2n) is 5.66. The lowest BCUT2D eigenvalue weighted by atomic mass is 9.84. The normalized spacial score (nSPS) is 30.4. The summed E-state index contributed by atoms with van der Waals surface area (Å²) in [5, 5.41) is 0. The lowest BCUT2D eigenvalue weighted by Crippen LogP contribution is -2.57. The lowest BCUT2D eigenvalue weighted by Gasteiger charge is -2.44. The zero-order chi connectivity index (χ0) is 12.2. The Bertz CT molecular complexity index is 202. The minimum absolute atomic E-state index is 0.0139. The number of methoxy groups -OCH3 is 1. The largest absolute Gasteiger partial charge is 0.383 e. The van der Waals surface area contributed by atoms with Gasteiger partial charge in [-0.15, -0.1) is 0 Å². The summed E-state index contributed by atoms with van der Waals surface area (Å²) in [4.78, 5) is 2.45. The molecular weight excluding hydrogens is 200 g/mol. The van der Waals surface area contributed by atoms with E-state index in [1.807, 2.05) is 0 Å². The van der Waals surface area contributed by atoms with Crippen molar-refractivity contribution in [3.8, 4) is 0 Å². The first-order chi connectivity index (χ1) is 7.53. The number of nitrogens with two attached hydrogens (primary N) is 1. The van der Waals surface area contributed by atoms with E-state index in [1.165, 1.54) is 25.7 Å². The van der Waals surface area contributed by atoms with Crippen LogP contribution < -0.4 is 5.73 Å². The van der Waals surface area contributed by atoms with Crippen LogP contribution in [0.1, 0.15) is 39.5 Å². The molecule has 3 nitrogen and oxygen atoms in total. The predicted molar refractivity (Wildman–Crippen MR) is 68.5 cm³/mol. The molecule has 96 valence electrons. The van der Waals surface area contributed by atoms with Crippen LogP contribution in [-0.2, 0) is 4.74 Å². The average Bonchev–Trinajstić information content (AvgIpc) is 2.29. The van der Waals surface area contributed by atoms with Crippen molar-refractivity contribution >= 4 is 0 Å². The molecule has 0 aromatic rings. The third-order valence-electron chi connectivity index (χ3n) is 4.28. The molecule has 0 aromatic heterocycles. The Hall–Kier alpha value is -0.120. The molecule has 0 amide bonds. The SMILES string of the molecule is COCC(C)(CN)N(C)C1CCC(C)CC1. The standard InChI is InChI=1S/C13H28N2O/c1-11-5-7-12(8-6-11)15(3)13(2,9-14)10-16-4/h11-12H,5-10,14H2,1-4H3. The van der Waals surface area contributed by atoms with Crippen LogP contribution in [0, 0.1) is 5.92 Å². The monoisotopic (exact) mass is 228 g/mol. The van der Waals surface area contributed by atoms with Gasteiger partial charge in [-0.25, -0.2) is 0 Å². The molecule has 0 radical (unpaired) electrons. The summed E-state index contributed by atoms with van der Waals surface area (Å²) < 4.78 is 5.31. The van der Waals surface area contributed by atoms with E-state index in [-0.39, 0.29) is 5.54 Å². The molecule has 0 aromatic carbocycles. The van der Waals surface area contributed by atoms with Crippen LogP contribution in [0.5, 0.6) is 0 Å². The van der Waals surface area contributed by atoms with E-state index in [0.717, 1.165) is 5.92 Å². The molecule has 1 aliphatic carbocycles. The van der Waals surface area contributed by atoms with Gasteiger partial charge < -0.3 is 10.5 Å². The lowest BCUT2D eigenvalue weighted by molar-refractivity contribution is 0.00408. The zero-order valence-electron chi connectivity index (χ0n) is 11.3. The maximum absolute atomic E-state index is 5.91. The van der Waals surface area contributed by atoms with Gasteiger partial charge in [0, 0.05) is 19.7 Å². The van der Waals surface area contributed by atoms with Crippen LogP contribution in [0.4, 0.5) is 0 Å². The molecule has 0 heterocycles. The average molecular weight is 228 g/mol. The van der Waals surface area contributed by atoms with Crippen molar-refractivity contribution in [3.63, 3.8) is 0 Å². The summed E-state index contributed by atoms with van der Waals surface area (Å²) >= 11 is 0. The van der Waals surface area contributed by atoms with Gasteiger partial charge in [-0.3, -0.25) is 4.90 Å². The van der Waals surface area contributed by atoms with E-state index in [0.29, 0.717) is 19.2 Å². The predicted octanol–water partition coefficient (Wildman–Crippen LogP) is 1.86. The number of hydrogen-bond donors (Lipinski definition) is 1. The van der Waals surface area contributed by atoms with Gasteiger partial charge in [0.1, 0.15) is 0 Å². The van der Waals surface area contributed by atoms with Crippen molar-refractivity contribution in [1.29, 1.82) is 0 Å². The molecule has 1 fully saturated rings. The van der Waals surface area contributed by atoms with Crippen LogP contribution in [-0.4, -0.2) is 43.8 Å². The van der Waals surface area contributed by atoms with E-state index in [9.17, 15) is 0 Å². The number of rotatable bonds is 5. The Morgan fingerprint density at radius 2 is 1.88 bits per heavy atom. The van der Waals surface area contributed by atoms with Gasteiger partial charge in [-0.05, 0) is 45.6 Å². The maximum Gasteiger partial charge on any atom is 0.0656 e. The molecule has 2 N–H and O–H groups in total. The minimum atomic E-state index is -0.0139. The summed E-state index contributed by atoms with van der Waals surface area (Å²) in [5.74, 6) is 0.899. The third kappa shape index (κ3) is 3.19. The molecule has 1 unspecified atom stereocenters. The molecule has 1 atom stereocenters. The highest BCUT2D eigenvalue weighted by Gasteiger charge is 2.34. The molecule has 3 heteroatoms. The first-order valence-corrected chi connectivity index (χ1v) is 6.45. The number of ether oxygens (including phenoxy) is 1. The Balaban J connectivity index is 2.57. The van der Waals surface area contributed by atoms with Crippen molar-refractivity contribution in [2.24, 2.45) is 11.7 Å². The Kier molecular flexibility index (Phi) is 5.22. The summed E-state index contributed by atoms with van der Waals surface area (Å²) in [5.41, 5.74) is 5.89. The summed E-state index contributed by atoms with van der Waals surface area (Å²) in [6.45, 7) is 5.93. The second kappa shape index (κ2) is 5.99. The fourth-order valence-electron chi connectivity index (χ4n) is 2.69. The highest BCUT2D eigenvalue weighted by Crippen LogP contribution is 2.29. The van der Waals surface area contributed by atoms with Gasteiger partial charge in [-0.1, -0.05) is 6.92 Å². The summed E-state index contributed by atoms with van der Waals surface area (Å²) in [6.07, 6.45) is 5.30. The molecular formula is C13H28N2O. The van der Waals surface area contributed by atoms with Crippen LogP contribution in [0.15, 0.2) is 0 Å². The minimum Gasteiger partial charge on any atom is -0.383 e. The topological polar surface area (TPSA) is 38.5 Å². The number of likely N-dealkylation sites (N-methyl/N-ethyl adjacent to an activating group) is 1. The van der Waals surface area contributed by atoms with Crippen molar-refractivity contribution in [2.75, 3.05) is 27.3 Å². The van der Waals surface area contributed by atoms with Gasteiger partial charge in [-0.2, -0.15) is 0 Å². The third-order valence-corrected chi connectivity index (χ3v) is 4.28.